The van der Waals surface area contributed by atoms with Gasteiger partial charge in [-0.3, -0.25) is 0 Å². The minimum Gasteiger partial charge on any atom is -0.371 e. The number of thiazole rings is 1. The van der Waals surface area contributed by atoms with E-state index in [0.29, 0.717) is 11.3 Å². The van der Waals surface area contributed by atoms with Gasteiger partial charge in [0.25, 0.3) is 0 Å². The van der Waals surface area contributed by atoms with E-state index in [9.17, 15) is 18.3 Å². The second-order valence-electron chi connectivity index (χ2n) is 2.75. The van der Waals surface area contributed by atoms with E-state index >= 15 is 0 Å². The monoisotopic (exact) mass is 221 g/mol. The highest BCUT2D eigenvalue weighted by molar-refractivity contribution is 7.09. The lowest BCUT2D eigenvalue weighted by Crippen LogP contribution is -2.18. The molecule has 2 nitrogen and oxygen atoms in total. The highest BCUT2D eigenvalue weighted by Gasteiger charge is 2.36. The molecule has 0 saturated heterocycles. The fourth-order valence-electron chi connectivity index (χ4n) is 0.689. The Balaban J connectivity index is 3.08. The molecule has 0 saturated carbocycles. The topological polar surface area (TPSA) is 33.1 Å². The zero-order valence-electron chi connectivity index (χ0n) is 7.09. The Bertz CT molecular complexity index is 375. The molecule has 0 aromatic carbocycles. The summed E-state index contributed by atoms with van der Waals surface area (Å²) >= 11 is 0.684. The van der Waals surface area contributed by atoms with Crippen LogP contribution in [0.3, 0.4) is 0 Å². The van der Waals surface area contributed by atoms with Crippen LogP contribution in [0.15, 0.2) is 5.38 Å². The molecule has 0 radical (unpaired) electrons. The largest absolute Gasteiger partial charge is 0.434 e. The van der Waals surface area contributed by atoms with Gasteiger partial charge in [-0.1, -0.05) is 5.92 Å². The average Bonchev–Trinajstić information content (AvgIpc) is 2.51. The van der Waals surface area contributed by atoms with E-state index in [1.807, 2.05) is 5.92 Å². The summed E-state index contributed by atoms with van der Waals surface area (Å²) in [6.07, 6.45) is 0.441. The van der Waals surface area contributed by atoms with E-state index in [-0.39, 0.29) is 5.01 Å². The van der Waals surface area contributed by atoms with Crippen LogP contribution < -0.4 is 0 Å². The van der Waals surface area contributed by atoms with Gasteiger partial charge in [-0.2, -0.15) is 13.2 Å². The summed E-state index contributed by atoms with van der Waals surface area (Å²) in [7, 11) is 0. The molecular weight excluding hydrogens is 215 g/mol. The van der Waals surface area contributed by atoms with Crippen LogP contribution in [-0.4, -0.2) is 10.1 Å². The summed E-state index contributed by atoms with van der Waals surface area (Å²) < 4.78 is 36.3. The quantitative estimate of drug-likeness (QED) is 0.736. The van der Waals surface area contributed by atoms with Crippen molar-refractivity contribution in [2.75, 3.05) is 0 Å². The summed E-state index contributed by atoms with van der Waals surface area (Å²) in [5, 5.41) is 10.1. The van der Waals surface area contributed by atoms with Gasteiger partial charge in [-0.15, -0.1) is 17.8 Å². The Kier molecular flexibility index (Phi) is 2.56. The Morgan fingerprint density at radius 3 is 2.50 bits per heavy atom. The van der Waals surface area contributed by atoms with Gasteiger partial charge in [0, 0.05) is 5.38 Å². The molecule has 1 heterocycles. The van der Waals surface area contributed by atoms with Crippen LogP contribution in [0.2, 0.25) is 0 Å². The normalized spacial score (nSPS) is 16.0. The van der Waals surface area contributed by atoms with Crippen LogP contribution in [0, 0.1) is 12.3 Å². The number of aliphatic hydroxyl groups is 1. The van der Waals surface area contributed by atoms with Crippen LogP contribution in [0.4, 0.5) is 13.2 Å². The molecule has 0 fully saturated rings. The molecule has 0 aliphatic heterocycles. The Labute approximate surface area is 82.4 Å². The lowest BCUT2D eigenvalue weighted by atomic mass is 10.1. The van der Waals surface area contributed by atoms with Crippen LogP contribution in [-0.2, 0) is 11.8 Å². The third kappa shape index (κ3) is 2.05. The zero-order chi connectivity index (χ0) is 11.0. The molecule has 0 spiro atoms. The van der Waals surface area contributed by atoms with Crippen molar-refractivity contribution in [2.24, 2.45) is 0 Å². The first-order chi connectivity index (χ1) is 6.27. The molecule has 14 heavy (non-hydrogen) atoms. The van der Waals surface area contributed by atoms with E-state index in [2.05, 4.69) is 4.98 Å². The first kappa shape index (κ1) is 11.0. The Hall–Kier alpha value is -1.06. The van der Waals surface area contributed by atoms with E-state index in [1.54, 1.807) is 0 Å². The fourth-order valence-corrected chi connectivity index (χ4v) is 1.54. The summed E-state index contributed by atoms with van der Waals surface area (Å²) in [6, 6.07) is 0. The molecule has 1 N–H and O–H groups in total. The lowest BCUT2D eigenvalue weighted by molar-refractivity contribution is -0.140. The highest BCUT2D eigenvalue weighted by Crippen LogP contribution is 2.32. The first-order valence-electron chi connectivity index (χ1n) is 3.50. The van der Waals surface area contributed by atoms with Crippen LogP contribution in [0.25, 0.3) is 0 Å². The molecule has 0 aliphatic rings. The smallest absolute Gasteiger partial charge is 0.371 e. The highest BCUT2D eigenvalue weighted by atomic mass is 32.1. The van der Waals surface area contributed by atoms with Gasteiger partial charge in [0.2, 0.25) is 0 Å². The fraction of sp³-hybridized carbons (Fsp3) is 0.375. The molecule has 1 rings (SSSR count). The van der Waals surface area contributed by atoms with E-state index in [0.717, 1.165) is 5.38 Å². The van der Waals surface area contributed by atoms with Gasteiger partial charge < -0.3 is 5.11 Å². The van der Waals surface area contributed by atoms with Crippen molar-refractivity contribution in [3.63, 3.8) is 0 Å². The molecule has 0 amide bonds. The van der Waals surface area contributed by atoms with Crippen molar-refractivity contribution in [3.8, 4) is 12.3 Å². The van der Waals surface area contributed by atoms with Crippen molar-refractivity contribution >= 4 is 11.3 Å². The molecule has 1 aromatic rings. The maximum absolute atomic E-state index is 12.1. The predicted molar refractivity (Wildman–Crippen MR) is 45.5 cm³/mol. The predicted octanol–water partition coefficient (Wildman–Crippen LogP) is 2.00. The second kappa shape index (κ2) is 3.26. The van der Waals surface area contributed by atoms with Gasteiger partial charge in [0.15, 0.2) is 11.3 Å². The number of nitrogens with zero attached hydrogens (tertiary/aromatic N) is 1. The molecular formula is C8H6F3NOS. The number of hydrogen-bond donors (Lipinski definition) is 1. The molecule has 0 bridgehead atoms. The third-order valence-corrected chi connectivity index (χ3v) is 2.55. The van der Waals surface area contributed by atoms with Gasteiger partial charge in [-0.05, 0) is 6.92 Å². The van der Waals surface area contributed by atoms with Gasteiger partial charge >= 0.3 is 6.18 Å². The summed E-state index contributed by atoms with van der Waals surface area (Å²) in [4.78, 5) is 3.23. The molecule has 6 heteroatoms. The number of terminal acetylenes is 1. The van der Waals surface area contributed by atoms with Gasteiger partial charge in [-0.25, -0.2) is 4.98 Å². The van der Waals surface area contributed by atoms with Crippen LogP contribution in [0.1, 0.15) is 17.6 Å². The third-order valence-electron chi connectivity index (χ3n) is 1.49. The number of rotatable bonds is 1. The number of hydrogen-bond acceptors (Lipinski definition) is 3. The zero-order valence-corrected chi connectivity index (χ0v) is 7.91. The lowest BCUT2D eigenvalue weighted by Gasteiger charge is -2.11. The minimum atomic E-state index is -4.50. The Morgan fingerprint density at radius 1 is 1.57 bits per heavy atom. The van der Waals surface area contributed by atoms with Crippen LogP contribution >= 0.6 is 11.3 Å². The molecule has 0 aliphatic carbocycles. The van der Waals surface area contributed by atoms with Gasteiger partial charge in [0.05, 0.1) is 0 Å². The average molecular weight is 221 g/mol. The summed E-state index contributed by atoms with van der Waals surface area (Å²) in [6.45, 7) is 1.21. The number of aromatic nitrogens is 1. The SMILES string of the molecule is C#C[C@](C)(O)c1nc(C(F)(F)F)cs1. The number of halogens is 3. The number of alkyl halides is 3. The van der Waals surface area contributed by atoms with Crippen molar-refractivity contribution in [1.82, 2.24) is 4.98 Å². The minimum absolute atomic E-state index is 0.132. The second-order valence-corrected chi connectivity index (χ2v) is 3.61. The molecule has 1 atom stereocenters. The van der Waals surface area contributed by atoms with Crippen molar-refractivity contribution in [1.29, 1.82) is 0 Å². The summed E-state index contributed by atoms with van der Waals surface area (Å²) in [5.74, 6) is 1.96. The van der Waals surface area contributed by atoms with Crippen molar-refractivity contribution < 1.29 is 18.3 Å². The van der Waals surface area contributed by atoms with E-state index < -0.39 is 17.5 Å². The van der Waals surface area contributed by atoms with Crippen LogP contribution in [0.5, 0.6) is 0 Å². The molecule has 0 unspecified atom stereocenters. The first-order valence-corrected chi connectivity index (χ1v) is 4.38. The maximum atomic E-state index is 12.1. The summed E-state index contributed by atoms with van der Waals surface area (Å²) in [5.41, 5.74) is -2.78. The molecule has 76 valence electrons. The van der Waals surface area contributed by atoms with Crippen molar-refractivity contribution in [3.05, 3.63) is 16.1 Å². The van der Waals surface area contributed by atoms with Gasteiger partial charge in [0.1, 0.15) is 5.01 Å². The van der Waals surface area contributed by atoms with E-state index in [4.69, 9.17) is 6.42 Å². The van der Waals surface area contributed by atoms with E-state index in [1.165, 1.54) is 6.92 Å². The standard InChI is InChI=1S/C8H6F3NOS/c1-3-7(2,13)6-12-5(4-14-6)8(9,10)11/h1,4,13H,2H3/t7-/m0/s1. The van der Waals surface area contributed by atoms with Crippen molar-refractivity contribution in [2.45, 2.75) is 18.7 Å². The molecule has 1 aromatic heterocycles. The maximum Gasteiger partial charge on any atom is 0.434 e. The Morgan fingerprint density at radius 2 is 2.14 bits per heavy atom.